The Morgan fingerprint density at radius 2 is 2.11 bits per heavy atom. The molecule has 5 heteroatoms. The van der Waals surface area contributed by atoms with E-state index in [4.69, 9.17) is 16.3 Å². The molecule has 3 rings (SSSR count). The SMILES string of the molecule is Cc1cnc(-c2ccc(Cl)cc2OC2CSC2)cn1. The second kappa shape index (κ2) is 5.39. The maximum Gasteiger partial charge on any atom is 0.130 e. The second-order valence-electron chi connectivity index (χ2n) is 4.46. The van der Waals surface area contributed by atoms with E-state index in [0.29, 0.717) is 5.02 Å². The van der Waals surface area contributed by atoms with Crippen LogP contribution in [0.3, 0.4) is 0 Å². The Kier molecular flexibility index (Phi) is 3.62. The molecular weight excluding hydrogens is 280 g/mol. The molecule has 3 nitrogen and oxygen atoms in total. The van der Waals surface area contributed by atoms with Crippen LogP contribution in [0.2, 0.25) is 5.02 Å². The fourth-order valence-corrected chi connectivity index (χ4v) is 2.52. The van der Waals surface area contributed by atoms with Crippen LogP contribution in [0.5, 0.6) is 5.75 Å². The number of aryl methyl sites for hydroxylation is 1. The lowest BCUT2D eigenvalue weighted by Gasteiger charge is -2.27. The highest BCUT2D eigenvalue weighted by atomic mass is 35.5. The number of hydrogen-bond acceptors (Lipinski definition) is 4. The predicted molar refractivity (Wildman–Crippen MR) is 79.0 cm³/mol. The van der Waals surface area contributed by atoms with Gasteiger partial charge >= 0.3 is 0 Å². The van der Waals surface area contributed by atoms with E-state index in [-0.39, 0.29) is 6.10 Å². The van der Waals surface area contributed by atoms with Crippen molar-refractivity contribution in [1.82, 2.24) is 9.97 Å². The van der Waals surface area contributed by atoms with Crippen molar-refractivity contribution in [3.63, 3.8) is 0 Å². The molecule has 1 aliphatic rings. The quantitative estimate of drug-likeness (QED) is 0.866. The number of rotatable bonds is 3. The van der Waals surface area contributed by atoms with Gasteiger partial charge in [0.2, 0.25) is 0 Å². The van der Waals surface area contributed by atoms with Gasteiger partial charge in [-0.1, -0.05) is 11.6 Å². The third-order valence-electron chi connectivity index (χ3n) is 2.90. The number of hydrogen-bond donors (Lipinski definition) is 0. The van der Waals surface area contributed by atoms with E-state index in [1.165, 1.54) is 0 Å². The molecule has 1 saturated heterocycles. The van der Waals surface area contributed by atoms with Crippen LogP contribution in [-0.4, -0.2) is 27.6 Å². The summed E-state index contributed by atoms with van der Waals surface area (Å²) in [6.45, 7) is 1.92. The number of benzene rings is 1. The van der Waals surface area contributed by atoms with Crippen LogP contribution in [-0.2, 0) is 0 Å². The lowest BCUT2D eigenvalue weighted by Crippen LogP contribution is -2.31. The van der Waals surface area contributed by atoms with Gasteiger partial charge in [0.05, 0.1) is 17.6 Å². The van der Waals surface area contributed by atoms with Gasteiger partial charge in [-0.3, -0.25) is 9.97 Å². The van der Waals surface area contributed by atoms with Crippen molar-refractivity contribution in [2.24, 2.45) is 0 Å². The Morgan fingerprint density at radius 1 is 1.26 bits per heavy atom. The van der Waals surface area contributed by atoms with Crippen LogP contribution in [0.15, 0.2) is 30.6 Å². The van der Waals surface area contributed by atoms with Gasteiger partial charge in [-0.25, -0.2) is 0 Å². The van der Waals surface area contributed by atoms with Gasteiger partial charge in [0.1, 0.15) is 11.9 Å². The van der Waals surface area contributed by atoms with Crippen molar-refractivity contribution >= 4 is 23.4 Å². The van der Waals surface area contributed by atoms with Gasteiger partial charge in [-0.15, -0.1) is 0 Å². The van der Waals surface area contributed by atoms with Crippen molar-refractivity contribution in [3.8, 4) is 17.0 Å². The van der Waals surface area contributed by atoms with Crippen LogP contribution < -0.4 is 4.74 Å². The summed E-state index contributed by atoms with van der Waals surface area (Å²) < 4.78 is 5.97. The number of ether oxygens (including phenoxy) is 1. The maximum absolute atomic E-state index is 6.05. The van der Waals surface area contributed by atoms with Crippen molar-refractivity contribution in [2.45, 2.75) is 13.0 Å². The Labute approximate surface area is 121 Å². The zero-order chi connectivity index (χ0) is 13.2. The lowest BCUT2D eigenvalue weighted by atomic mass is 10.1. The van der Waals surface area contributed by atoms with Crippen molar-refractivity contribution < 1.29 is 4.74 Å². The lowest BCUT2D eigenvalue weighted by molar-refractivity contribution is 0.241. The third kappa shape index (κ3) is 2.85. The molecule has 0 N–H and O–H groups in total. The van der Waals surface area contributed by atoms with E-state index in [2.05, 4.69) is 9.97 Å². The van der Waals surface area contributed by atoms with E-state index < -0.39 is 0 Å². The first kappa shape index (κ1) is 12.8. The molecule has 0 bridgehead atoms. The van der Waals surface area contributed by atoms with Gasteiger partial charge in [0.25, 0.3) is 0 Å². The van der Waals surface area contributed by atoms with Crippen molar-refractivity contribution in [3.05, 3.63) is 41.3 Å². The van der Waals surface area contributed by atoms with Crippen molar-refractivity contribution in [1.29, 1.82) is 0 Å². The highest BCUT2D eigenvalue weighted by molar-refractivity contribution is 8.00. The molecule has 98 valence electrons. The molecule has 2 aromatic rings. The summed E-state index contributed by atoms with van der Waals surface area (Å²) in [7, 11) is 0. The zero-order valence-electron chi connectivity index (χ0n) is 10.5. The summed E-state index contributed by atoms with van der Waals surface area (Å²) in [5.74, 6) is 2.85. The first-order valence-electron chi connectivity index (χ1n) is 6.05. The molecule has 0 atom stereocenters. The normalized spacial score (nSPS) is 15.1. The smallest absolute Gasteiger partial charge is 0.130 e. The average molecular weight is 293 g/mol. The van der Waals surface area contributed by atoms with Gasteiger partial charge in [-0.2, -0.15) is 11.8 Å². The van der Waals surface area contributed by atoms with Crippen LogP contribution in [0.25, 0.3) is 11.3 Å². The number of nitrogens with zero attached hydrogens (tertiary/aromatic N) is 2. The van der Waals surface area contributed by atoms with Crippen LogP contribution >= 0.6 is 23.4 Å². The monoisotopic (exact) mass is 292 g/mol. The molecule has 0 radical (unpaired) electrons. The Balaban J connectivity index is 1.96. The molecule has 19 heavy (non-hydrogen) atoms. The summed E-state index contributed by atoms with van der Waals surface area (Å²) in [5.41, 5.74) is 2.65. The Hall–Kier alpha value is -1.26. The first-order valence-corrected chi connectivity index (χ1v) is 7.58. The summed E-state index contributed by atoms with van der Waals surface area (Å²) in [6, 6.07) is 5.63. The molecule has 0 unspecified atom stereocenters. The van der Waals surface area contributed by atoms with E-state index >= 15 is 0 Å². The highest BCUT2D eigenvalue weighted by Crippen LogP contribution is 2.34. The van der Waals surface area contributed by atoms with Crippen LogP contribution in [0.1, 0.15) is 5.69 Å². The largest absolute Gasteiger partial charge is 0.488 e. The van der Waals surface area contributed by atoms with Gasteiger partial charge < -0.3 is 4.74 Å². The Bertz CT molecular complexity index is 584. The molecule has 0 amide bonds. The van der Waals surface area contributed by atoms with Gasteiger partial charge in [-0.05, 0) is 25.1 Å². The molecule has 1 fully saturated rings. The third-order valence-corrected chi connectivity index (χ3v) is 4.35. The molecule has 1 aromatic heterocycles. The van der Waals surface area contributed by atoms with Gasteiger partial charge in [0, 0.05) is 28.3 Å². The second-order valence-corrected chi connectivity index (χ2v) is 5.97. The molecule has 0 aliphatic carbocycles. The number of thioether (sulfide) groups is 1. The number of aromatic nitrogens is 2. The fourth-order valence-electron chi connectivity index (χ4n) is 1.80. The minimum absolute atomic E-state index is 0.278. The van der Waals surface area contributed by atoms with Crippen molar-refractivity contribution in [2.75, 3.05) is 11.5 Å². The average Bonchev–Trinajstić information content (AvgIpc) is 2.35. The fraction of sp³-hybridized carbons (Fsp3) is 0.286. The van der Waals surface area contributed by atoms with Crippen LogP contribution in [0.4, 0.5) is 0 Å². The van der Waals surface area contributed by atoms with Crippen LogP contribution in [0, 0.1) is 6.92 Å². The first-order chi connectivity index (χ1) is 9.22. The molecule has 1 aliphatic heterocycles. The molecule has 0 saturated carbocycles. The zero-order valence-corrected chi connectivity index (χ0v) is 12.0. The predicted octanol–water partition coefficient (Wildman–Crippen LogP) is 3.60. The molecule has 0 spiro atoms. The summed E-state index contributed by atoms with van der Waals surface area (Å²) in [5, 5.41) is 0.672. The van der Waals surface area contributed by atoms with E-state index in [9.17, 15) is 0 Å². The maximum atomic E-state index is 6.05. The van der Waals surface area contributed by atoms with E-state index in [1.807, 2.05) is 36.9 Å². The molecular formula is C14H13ClN2OS. The summed E-state index contributed by atoms with van der Waals surface area (Å²) >= 11 is 7.94. The highest BCUT2D eigenvalue weighted by Gasteiger charge is 2.21. The van der Waals surface area contributed by atoms with E-state index in [1.54, 1.807) is 12.4 Å². The molecule has 1 aromatic carbocycles. The van der Waals surface area contributed by atoms with Gasteiger partial charge in [0.15, 0.2) is 0 Å². The van der Waals surface area contributed by atoms with E-state index in [0.717, 1.165) is 34.2 Å². The Morgan fingerprint density at radius 3 is 2.74 bits per heavy atom. The summed E-state index contributed by atoms with van der Waals surface area (Å²) in [6.07, 6.45) is 3.80. The summed E-state index contributed by atoms with van der Waals surface area (Å²) in [4.78, 5) is 8.68. The topological polar surface area (TPSA) is 35.0 Å². The number of halogens is 1. The minimum Gasteiger partial charge on any atom is -0.488 e. The standard InChI is InChI=1S/C14H13ClN2OS/c1-9-5-17-13(6-16-9)12-3-2-10(15)4-14(12)18-11-7-19-8-11/h2-6,11H,7-8H2,1H3. The molecule has 2 heterocycles. The minimum atomic E-state index is 0.278.